The zero-order chi connectivity index (χ0) is 20.8. The number of aromatic nitrogens is 2. The van der Waals surface area contributed by atoms with Crippen LogP contribution in [0.3, 0.4) is 0 Å². The summed E-state index contributed by atoms with van der Waals surface area (Å²) in [7, 11) is 0. The molecule has 1 atom stereocenters. The first kappa shape index (κ1) is 19.9. The summed E-state index contributed by atoms with van der Waals surface area (Å²) >= 11 is 1.23. The standard InChI is InChI=1S/C24H21N3O2S/c1-17(18-12-14-20(15-13-18)19-8-4-2-5-9-19)25-22(28)16-30-24-27-26-23(29-24)21-10-6-3-7-11-21/h2-15,17H,16H2,1H3,(H,25,28). The van der Waals surface area contributed by atoms with E-state index in [0.29, 0.717) is 11.1 Å². The number of rotatable bonds is 7. The largest absolute Gasteiger partial charge is 0.411 e. The average Bonchev–Trinajstić information content (AvgIpc) is 3.28. The SMILES string of the molecule is CC(NC(=O)CSc1nnc(-c2ccccc2)o1)c1ccc(-c2ccccc2)cc1. The minimum atomic E-state index is -0.0921. The molecular weight excluding hydrogens is 394 g/mol. The van der Waals surface area contributed by atoms with Crippen LogP contribution < -0.4 is 5.32 Å². The van der Waals surface area contributed by atoms with Gasteiger partial charge in [0.2, 0.25) is 11.8 Å². The topological polar surface area (TPSA) is 68.0 Å². The molecule has 0 radical (unpaired) electrons. The van der Waals surface area contributed by atoms with Gasteiger partial charge >= 0.3 is 0 Å². The van der Waals surface area contributed by atoms with Crippen LogP contribution >= 0.6 is 11.8 Å². The fraction of sp³-hybridized carbons (Fsp3) is 0.125. The van der Waals surface area contributed by atoms with Crippen LogP contribution in [-0.2, 0) is 4.79 Å². The van der Waals surface area contributed by atoms with Crippen LogP contribution in [0.5, 0.6) is 0 Å². The van der Waals surface area contributed by atoms with Crippen molar-refractivity contribution in [2.45, 2.75) is 18.2 Å². The van der Waals surface area contributed by atoms with Crippen LogP contribution in [0.1, 0.15) is 18.5 Å². The highest BCUT2D eigenvalue weighted by Gasteiger charge is 2.13. The van der Waals surface area contributed by atoms with Gasteiger partial charge in [0.1, 0.15) is 0 Å². The first-order chi connectivity index (χ1) is 14.7. The van der Waals surface area contributed by atoms with E-state index in [4.69, 9.17) is 4.42 Å². The summed E-state index contributed by atoms with van der Waals surface area (Å²) in [4.78, 5) is 12.3. The lowest BCUT2D eigenvalue weighted by Gasteiger charge is -2.14. The van der Waals surface area contributed by atoms with E-state index in [0.717, 1.165) is 16.7 Å². The van der Waals surface area contributed by atoms with E-state index in [1.807, 2.05) is 67.6 Å². The van der Waals surface area contributed by atoms with Gasteiger partial charge in [0.25, 0.3) is 5.22 Å². The van der Waals surface area contributed by atoms with Gasteiger partial charge in [-0.3, -0.25) is 4.79 Å². The predicted octanol–water partition coefficient (Wildman–Crippen LogP) is 5.37. The quantitative estimate of drug-likeness (QED) is 0.411. The Morgan fingerprint density at radius 3 is 2.13 bits per heavy atom. The van der Waals surface area contributed by atoms with E-state index in [2.05, 4.69) is 39.8 Å². The van der Waals surface area contributed by atoms with Crippen molar-refractivity contribution < 1.29 is 9.21 Å². The highest BCUT2D eigenvalue weighted by molar-refractivity contribution is 7.99. The molecule has 0 saturated carbocycles. The molecule has 0 aliphatic carbocycles. The maximum atomic E-state index is 12.3. The first-order valence-corrected chi connectivity index (χ1v) is 10.6. The van der Waals surface area contributed by atoms with Crippen molar-refractivity contribution in [2.24, 2.45) is 0 Å². The maximum absolute atomic E-state index is 12.3. The second kappa shape index (κ2) is 9.41. The molecule has 0 spiro atoms. The van der Waals surface area contributed by atoms with E-state index >= 15 is 0 Å². The lowest BCUT2D eigenvalue weighted by atomic mass is 10.0. The molecule has 3 aromatic carbocycles. The first-order valence-electron chi connectivity index (χ1n) is 9.65. The summed E-state index contributed by atoms with van der Waals surface area (Å²) in [6.07, 6.45) is 0. The molecule has 1 N–H and O–H groups in total. The fourth-order valence-corrected chi connectivity index (χ4v) is 3.63. The molecule has 4 rings (SSSR count). The van der Waals surface area contributed by atoms with E-state index in [-0.39, 0.29) is 17.7 Å². The summed E-state index contributed by atoms with van der Waals surface area (Å²) in [6, 6.07) is 27.9. The Balaban J connectivity index is 1.30. The minimum absolute atomic E-state index is 0.0842. The Morgan fingerprint density at radius 2 is 1.47 bits per heavy atom. The number of nitrogens with zero attached hydrogens (tertiary/aromatic N) is 2. The number of benzene rings is 3. The maximum Gasteiger partial charge on any atom is 0.277 e. The van der Waals surface area contributed by atoms with Crippen LogP contribution in [0.2, 0.25) is 0 Å². The summed E-state index contributed by atoms with van der Waals surface area (Å²) in [5.74, 6) is 0.576. The van der Waals surface area contributed by atoms with Crippen molar-refractivity contribution in [3.8, 4) is 22.6 Å². The second-order valence-corrected chi connectivity index (χ2v) is 7.73. The average molecular weight is 416 g/mol. The molecule has 0 bridgehead atoms. The molecule has 0 aliphatic heterocycles. The van der Waals surface area contributed by atoms with Gasteiger partial charge in [-0.25, -0.2) is 0 Å². The van der Waals surface area contributed by atoms with Crippen molar-refractivity contribution in [3.63, 3.8) is 0 Å². The Bertz CT molecular complexity index is 1100. The van der Waals surface area contributed by atoms with E-state index in [1.165, 1.54) is 17.3 Å². The van der Waals surface area contributed by atoms with E-state index in [9.17, 15) is 4.79 Å². The van der Waals surface area contributed by atoms with Gasteiger partial charge in [-0.15, -0.1) is 10.2 Å². The summed E-state index contributed by atoms with van der Waals surface area (Å²) in [5, 5.41) is 11.4. The zero-order valence-corrected chi connectivity index (χ0v) is 17.3. The van der Waals surface area contributed by atoms with Gasteiger partial charge < -0.3 is 9.73 Å². The van der Waals surface area contributed by atoms with Crippen LogP contribution in [0.25, 0.3) is 22.6 Å². The highest BCUT2D eigenvalue weighted by atomic mass is 32.2. The van der Waals surface area contributed by atoms with Crippen molar-refractivity contribution in [1.29, 1.82) is 0 Å². The van der Waals surface area contributed by atoms with E-state index in [1.54, 1.807) is 0 Å². The van der Waals surface area contributed by atoms with Gasteiger partial charge in [-0.05, 0) is 35.7 Å². The number of carbonyl (C=O) groups is 1. The molecule has 0 aliphatic rings. The van der Waals surface area contributed by atoms with E-state index < -0.39 is 0 Å². The minimum Gasteiger partial charge on any atom is -0.411 e. The molecule has 5 nitrogen and oxygen atoms in total. The number of hydrogen-bond donors (Lipinski definition) is 1. The van der Waals surface area contributed by atoms with Gasteiger partial charge in [-0.2, -0.15) is 0 Å². The summed E-state index contributed by atoms with van der Waals surface area (Å²) in [6.45, 7) is 1.97. The summed E-state index contributed by atoms with van der Waals surface area (Å²) in [5.41, 5.74) is 4.23. The Labute approximate surface area is 179 Å². The lowest BCUT2D eigenvalue weighted by molar-refractivity contribution is -0.119. The molecule has 1 amide bonds. The lowest BCUT2D eigenvalue weighted by Crippen LogP contribution is -2.28. The highest BCUT2D eigenvalue weighted by Crippen LogP contribution is 2.24. The van der Waals surface area contributed by atoms with Crippen molar-refractivity contribution >= 4 is 17.7 Å². The normalized spacial score (nSPS) is 11.8. The van der Waals surface area contributed by atoms with Crippen LogP contribution in [0, 0.1) is 0 Å². The van der Waals surface area contributed by atoms with Crippen molar-refractivity contribution in [2.75, 3.05) is 5.75 Å². The van der Waals surface area contributed by atoms with Crippen molar-refractivity contribution in [3.05, 3.63) is 90.5 Å². The number of hydrogen-bond acceptors (Lipinski definition) is 5. The third-order valence-corrected chi connectivity index (χ3v) is 5.47. The number of amides is 1. The number of nitrogens with one attached hydrogen (secondary N) is 1. The van der Waals surface area contributed by atoms with Crippen LogP contribution in [0.15, 0.2) is 94.6 Å². The predicted molar refractivity (Wildman–Crippen MR) is 119 cm³/mol. The Kier molecular flexibility index (Phi) is 6.25. The number of carbonyl (C=O) groups excluding carboxylic acids is 1. The molecule has 1 unspecified atom stereocenters. The third kappa shape index (κ3) is 4.96. The molecule has 1 aromatic heterocycles. The van der Waals surface area contributed by atoms with Crippen molar-refractivity contribution in [1.82, 2.24) is 15.5 Å². The molecule has 1 heterocycles. The molecule has 0 fully saturated rings. The van der Waals surface area contributed by atoms with Gasteiger partial charge in [0.15, 0.2) is 0 Å². The Morgan fingerprint density at radius 1 is 0.867 bits per heavy atom. The summed E-state index contributed by atoms with van der Waals surface area (Å²) < 4.78 is 5.63. The third-order valence-electron chi connectivity index (χ3n) is 4.65. The van der Waals surface area contributed by atoms with Crippen LogP contribution in [-0.4, -0.2) is 21.9 Å². The second-order valence-electron chi connectivity index (χ2n) is 6.81. The molecule has 6 heteroatoms. The smallest absolute Gasteiger partial charge is 0.277 e. The Hall–Kier alpha value is -3.38. The molecule has 150 valence electrons. The molecule has 0 saturated heterocycles. The zero-order valence-electron chi connectivity index (χ0n) is 16.5. The van der Waals surface area contributed by atoms with Gasteiger partial charge in [0.05, 0.1) is 11.8 Å². The monoisotopic (exact) mass is 415 g/mol. The van der Waals surface area contributed by atoms with Crippen LogP contribution in [0.4, 0.5) is 0 Å². The molecular formula is C24H21N3O2S. The molecule has 30 heavy (non-hydrogen) atoms. The van der Waals surface area contributed by atoms with Gasteiger partial charge in [0, 0.05) is 5.56 Å². The number of thioether (sulfide) groups is 1. The van der Waals surface area contributed by atoms with Gasteiger partial charge in [-0.1, -0.05) is 84.6 Å². The molecule has 4 aromatic rings. The fourth-order valence-electron chi connectivity index (χ4n) is 3.05.